The molecule has 0 heterocycles. The molecule has 0 radical (unpaired) electrons. The predicted octanol–water partition coefficient (Wildman–Crippen LogP) is 2.30. The van der Waals surface area contributed by atoms with Gasteiger partial charge in [0, 0.05) is 17.7 Å². The summed E-state index contributed by atoms with van der Waals surface area (Å²) < 4.78 is 0.495. The zero-order valence-corrected chi connectivity index (χ0v) is 8.89. The van der Waals surface area contributed by atoms with E-state index in [4.69, 9.17) is 0 Å². The van der Waals surface area contributed by atoms with Crippen molar-refractivity contribution in [2.24, 2.45) is 5.16 Å². The predicted molar refractivity (Wildman–Crippen MR) is 55.6 cm³/mol. The Morgan fingerprint density at radius 1 is 1.50 bits per heavy atom. The zero-order chi connectivity index (χ0) is 10.6. The summed E-state index contributed by atoms with van der Waals surface area (Å²) >= 11 is 3.16. The van der Waals surface area contributed by atoms with E-state index in [2.05, 4.69) is 25.9 Å². The first-order valence-electron chi connectivity index (χ1n) is 3.66. The lowest BCUT2D eigenvalue weighted by molar-refractivity contribution is -0.384. The molecular weight excluding hydrogens is 252 g/mol. The van der Waals surface area contributed by atoms with Gasteiger partial charge in [0.25, 0.3) is 5.69 Å². The van der Waals surface area contributed by atoms with Gasteiger partial charge in [-0.1, -0.05) is 5.16 Å². The molecule has 0 spiro atoms. The van der Waals surface area contributed by atoms with Crippen LogP contribution in [0.2, 0.25) is 0 Å². The number of nitrogens with zero attached hydrogens (tertiary/aromatic N) is 2. The van der Waals surface area contributed by atoms with Crippen molar-refractivity contribution in [2.75, 3.05) is 7.11 Å². The smallest absolute Gasteiger partial charge is 0.269 e. The van der Waals surface area contributed by atoms with Gasteiger partial charge in [0.15, 0.2) is 4.62 Å². The number of benzene rings is 1. The summed E-state index contributed by atoms with van der Waals surface area (Å²) in [4.78, 5) is 14.4. The Hall–Kier alpha value is -1.43. The molecule has 0 saturated carbocycles. The van der Waals surface area contributed by atoms with E-state index in [9.17, 15) is 10.1 Å². The first kappa shape index (κ1) is 10.6. The van der Waals surface area contributed by atoms with Gasteiger partial charge < -0.3 is 4.84 Å². The van der Waals surface area contributed by atoms with Gasteiger partial charge in [0.2, 0.25) is 0 Å². The summed E-state index contributed by atoms with van der Waals surface area (Å²) in [6.45, 7) is 0. The maximum absolute atomic E-state index is 10.3. The summed E-state index contributed by atoms with van der Waals surface area (Å²) in [7, 11) is 1.42. The fourth-order valence-electron chi connectivity index (χ4n) is 0.854. The second-order valence-electron chi connectivity index (χ2n) is 2.37. The Labute approximate surface area is 88.6 Å². The second kappa shape index (κ2) is 4.71. The lowest BCUT2D eigenvalue weighted by Crippen LogP contribution is -1.93. The number of nitro groups is 1. The number of hydrogen-bond acceptors (Lipinski definition) is 4. The second-order valence-corrected chi connectivity index (χ2v) is 3.12. The van der Waals surface area contributed by atoms with Crippen molar-refractivity contribution in [3.05, 3.63) is 39.9 Å². The van der Waals surface area contributed by atoms with Crippen LogP contribution in [0.5, 0.6) is 0 Å². The standard InChI is InChI=1S/C8H7BrN2O3/c1-14-10-8(9)6-2-4-7(5-3-6)11(12)13/h2-5H,1H3/b10-8-. The molecular formula is C8H7BrN2O3. The van der Waals surface area contributed by atoms with Crippen LogP contribution in [0.4, 0.5) is 5.69 Å². The van der Waals surface area contributed by atoms with Gasteiger partial charge in [0.05, 0.1) is 4.92 Å². The number of oxime groups is 1. The van der Waals surface area contributed by atoms with E-state index >= 15 is 0 Å². The van der Waals surface area contributed by atoms with Gasteiger partial charge in [-0.05, 0) is 28.1 Å². The number of halogens is 1. The van der Waals surface area contributed by atoms with Crippen molar-refractivity contribution in [3.63, 3.8) is 0 Å². The summed E-state index contributed by atoms with van der Waals surface area (Å²) in [5.41, 5.74) is 0.768. The van der Waals surface area contributed by atoms with E-state index in [0.717, 1.165) is 5.56 Å². The Balaban J connectivity index is 2.94. The van der Waals surface area contributed by atoms with Gasteiger partial charge in [-0.15, -0.1) is 0 Å². The van der Waals surface area contributed by atoms with E-state index < -0.39 is 4.92 Å². The first-order valence-corrected chi connectivity index (χ1v) is 4.46. The molecule has 0 N–H and O–H groups in total. The van der Waals surface area contributed by atoms with Gasteiger partial charge in [0.1, 0.15) is 7.11 Å². The van der Waals surface area contributed by atoms with Crippen LogP contribution in [0, 0.1) is 10.1 Å². The van der Waals surface area contributed by atoms with E-state index in [1.807, 2.05) is 0 Å². The minimum atomic E-state index is -0.453. The molecule has 0 aliphatic rings. The average molecular weight is 259 g/mol. The fourth-order valence-corrected chi connectivity index (χ4v) is 1.26. The highest BCUT2D eigenvalue weighted by molar-refractivity contribution is 9.18. The molecule has 0 saturated heterocycles. The molecule has 5 nitrogen and oxygen atoms in total. The van der Waals surface area contributed by atoms with Crippen LogP contribution in [0.3, 0.4) is 0 Å². The quantitative estimate of drug-likeness (QED) is 0.475. The minimum Gasteiger partial charge on any atom is -0.398 e. The molecule has 0 aromatic heterocycles. The number of nitro benzene ring substituents is 1. The zero-order valence-electron chi connectivity index (χ0n) is 7.31. The topological polar surface area (TPSA) is 64.7 Å². The molecule has 0 unspecified atom stereocenters. The molecule has 1 aromatic carbocycles. The summed E-state index contributed by atoms with van der Waals surface area (Å²) in [6.07, 6.45) is 0. The molecule has 0 bridgehead atoms. The third kappa shape index (κ3) is 2.53. The van der Waals surface area contributed by atoms with Crippen molar-refractivity contribution < 1.29 is 9.76 Å². The molecule has 0 atom stereocenters. The van der Waals surface area contributed by atoms with Gasteiger partial charge in [-0.3, -0.25) is 10.1 Å². The Kier molecular flexibility index (Phi) is 3.58. The number of rotatable bonds is 3. The molecule has 1 rings (SSSR count). The van der Waals surface area contributed by atoms with Crippen LogP contribution in [0.15, 0.2) is 29.4 Å². The molecule has 6 heteroatoms. The SMILES string of the molecule is CO/N=C(\Br)c1ccc([N+](=O)[O-])cc1. The highest BCUT2D eigenvalue weighted by atomic mass is 79.9. The van der Waals surface area contributed by atoms with E-state index in [-0.39, 0.29) is 5.69 Å². The van der Waals surface area contributed by atoms with Crippen LogP contribution in [0.1, 0.15) is 5.56 Å². The van der Waals surface area contributed by atoms with Gasteiger partial charge in [-0.2, -0.15) is 0 Å². The Morgan fingerprint density at radius 3 is 2.50 bits per heavy atom. The third-order valence-corrected chi connectivity index (χ3v) is 2.09. The van der Waals surface area contributed by atoms with Crippen molar-refractivity contribution in [2.45, 2.75) is 0 Å². The van der Waals surface area contributed by atoms with Gasteiger partial charge in [-0.25, -0.2) is 0 Å². The number of non-ortho nitro benzene ring substituents is 1. The molecule has 0 amide bonds. The Bertz CT molecular complexity index is 361. The normalized spacial score (nSPS) is 11.1. The van der Waals surface area contributed by atoms with E-state index in [1.165, 1.54) is 19.2 Å². The summed E-state index contributed by atoms with van der Waals surface area (Å²) in [5, 5.41) is 14.0. The highest BCUT2D eigenvalue weighted by Gasteiger charge is 2.05. The largest absolute Gasteiger partial charge is 0.398 e. The van der Waals surface area contributed by atoms with Crippen LogP contribution >= 0.6 is 15.9 Å². The van der Waals surface area contributed by atoms with Crippen molar-refractivity contribution in [1.82, 2.24) is 0 Å². The van der Waals surface area contributed by atoms with E-state index in [0.29, 0.717) is 4.62 Å². The van der Waals surface area contributed by atoms with Crippen LogP contribution in [0.25, 0.3) is 0 Å². The molecule has 1 aromatic rings. The van der Waals surface area contributed by atoms with Crippen LogP contribution in [-0.4, -0.2) is 16.7 Å². The summed E-state index contributed by atoms with van der Waals surface area (Å²) in [6, 6.07) is 5.99. The van der Waals surface area contributed by atoms with Gasteiger partial charge >= 0.3 is 0 Å². The third-order valence-electron chi connectivity index (χ3n) is 1.49. The maximum atomic E-state index is 10.3. The molecule has 0 fully saturated rings. The molecule has 0 aliphatic carbocycles. The monoisotopic (exact) mass is 258 g/mol. The number of hydrogen-bond donors (Lipinski definition) is 0. The maximum Gasteiger partial charge on any atom is 0.269 e. The summed E-state index contributed by atoms with van der Waals surface area (Å²) in [5.74, 6) is 0. The van der Waals surface area contributed by atoms with E-state index in [1.54, 1.807) is 12.1 Å². The van der Waals surface area contributed by atoms with Crippen molar-refractivity contribution in [1.29, 1.82) is 0 Å². The van der Waals surface area contributed by atoms with Crippen molar-refractivity contribution >= 4 is 26.2 Å². The minimum absolute atomic E-state index is 0.0477. The molecule has 14 heavy (non-hydrogen) atoms. The Morgan fingerprint density at radius 2 is 2.07 bits per heavy atom. The average Bonchev–Trinajstić information content (AvgIpc) is 2.18. The molecule has 0 aliphatic heterocycles. The van der Waals surface area contributed by atoms with Crippen molar-refractivity contribution in [3.8, 4) is 0 Å². The highest BCUT2D eigenvalue weighted by Crippen LogP contribution is 2.14. The van der Waals surface area contributed by atoms with Crippen LogP contribution < -0.4 is 0 Å². The lowest BCUT2D eigenvalue weighted by atomic mass is 10.2. The van der Waals surface area contributed by atoms with Crippen LogP contribution in [-0.2, 0) is 4.84 Å². The lowest BCUT2D eigenvalue weighted by Gasteiger charge is -1.97. The fraction of sp³-hybridized carbons (Fsp3) is 0.125. The molecule has 74 valence electrons. The first-order chi connectivity index (χ1) is 6.65.